The first-order chi connectivity index (χ1) is 19.8. The zero-order chi connectivity index (χ0) is 30.7. The van der Waals surface area contributed by atoms with E-state index < -0.39 is 64.4 Å². The van der Waals surface area contributed by atoms with Crippen LogP contribution in [0.3, 0.4) is 0 Å². The number of primary amides is 1. The summed E-state index contributed by atoms with van der Waals surface area (Å²) in [6.45, 7) is 3.59. The molecule has 1 heterocycles. The van der Waals surface area contributed by atoms with Crippen LogP contribution in [-0.2, 0) is 43.3 Å². The fraction of sp³-hybridized carbons (Fsp3) is 0.586. The highest BCUT2D eigenvalue weighted by atomic mass is 16.5. The molecule has 1 saturated heterocycles. The van der Waals surface area contributed by atoms with Gasteiger partial charge in [0.1, 0.15) is 5.75 Å². The Bertz CT molecular complexity index is 1390. The van der Waals surface area contributed by atoms with Crippen LogP contribution in [0, 0.1) is 23.7 Å². The van der Waals surface area contributed by atoms with Crippen molar-refractivity contribution in [2.24, 2.45) is 29.4 Å². The summed E-state index contributed by atoms with van der Waals surface area (Å²) in [7, 11) is 3.07. The molecule has 226 valence electrons. The van der Waals surface area contributed by atoms with Gasteiger partial charge in [0.05, 0.1) is 30.7 Å². The average molecular weight is 585 g/mol. The van der Waals surface area contributed by atoms with E-state index in [1.54, 1.807) is 17.9 Å². The summed E-state index contributed by atoms with van der Waals surface area (Å²) in [6.07, 6.45) is 0.447. The number of Topliss-reactive ketones (excluding diaryl/α,β-unsaturated/α-hetero) is 4. The first-order valence-electron chi connectivity index (χ1n) is 14.2. The van der Waals surface area contributed by atoms with Gasteiger partial charge in [-0.05, 0) is 56.0 Å². The van der Waals surface area contributed by atoms with Crippen LogP contribution >= 0.6 is 0 Å². The number of likely N-dealkylation sites (N-methyl/N-ethyl adjacent to an activating group) is 1. The van der Waals surface area contributed by atoms with E-state index in [9.17, 15) is 39.0 Å². The molecule has 1 aromatic carbocycles. The van der Waals surface area contributed by atoms with E-state index in [-0.39, 0.29) is 36.7 Å². The highest BCUT2D eigenvalue weighted by Gasteiger charge is 2.69. The number of carbonyl (C=O) groups excluding carboxylic acids is 6. The molecule has 13 heteroatoms. The minimum Gasteiger partial charge on any atom is -0.507 e. The third-order valence-corrected chi connectivity index (χ3v) is 9.34. The van der Waals surface area contributed by atoms with Crippen molar-refractivity contribution < 1.29 is 43.7 Å². The summed E-state index contributed by atoms with van der Waals surface area (Å²) >= 11 is 0. The Balaban J connectivity index is 1.55. The number of hydrogen-bond donors (Lipinski definition) is 4. The zero-order valence-electron chi connectivity index (χ0n) is 23.8. The second-order valence-corrected chi connectivity index (χ2v) is 11.8. The molecule has 2 saturated carbocycles. The number of urea groups is 1. The number of ether oxygens (including phenoxy) is 1. The van der Waals surface area contributed by atoms with Crippen LogP contribution in [0.25, 0.3) is 0 Å². The quantitative estimate of drug-likeness (QED) is 0.311. The van der Waals surface area contributed by atoms with Crippen molar-refractivity contribution in [2.75, 3.05) is 40.4 Å². The molecule has 13 nitrogen and oxygen atoms in total. The Kier molecular flexibility index (Phi) is 7.71. The monoisotopic (exact) mass is 584 g/mol. The molecule has 0 radical (unpaired) electrons. The van der Waals surface area contributed by atoms with Gasteiger partial charge < -0.3 is 30.9 Å². The highest BCUT2D eigenvalue weighted by Crippen LogP contribution is 2.51. The molecular weight excluding hydrogens is 548 g/mol. The number of phenols is 1. The lowest BCUT2D eigenvalue weighted by Crippen LogP contribution is -2.74. The molecule has 2 unspecified atom stereocenters. The first kappa shape index (κ1) is 29.8. The van der Waals surface area contributed by atoms with Crippen LogP contribution in [0.5, 0.6) is 5.75 Å². The van der Waals surface area contributed by atoms with Gasteiger partial charge in [-0.15, -0.1) is 0 Å². The van der Waals surface area contributed by atoms with Crippen molar-refractivity contribution in [3.05, 3.63) is 28.3 Å². The Hall–Kier alpha value is -3.68. The van der Waals surface area contributed by atoms with Crippen LogP contribution in [0.2, 0.25) is 0 Å². The Morgan fingerprint density at radius 2 is 1.81 bits per heavy atom. The smallest absolute Gasteiger partial charge is 0.317 e. The lowest BCUT2D eigenvalue weighted by Gasteiger charge is -2.52. The van der Waals surface area contributed by atoms with Crippen LogP contribution in [0.1, 0.15) is 40.4 Å². The van der Waals surface area contributed by atoms with Crippen molar-refractivity contribution in [3.63, 3.8) is 0 Å². The third kappa shape index (κ3) is 4.41. The Morgan fingerprint density at radius 1 is 1.14 bits per heavy atom. The second-order valence-electron chi connectivity index (χ2n) is 11.8. The van der Waals surface area contributed by atoms with Crippen LogP contribution < -0.4 is 11.1 Å². The van der Waals surface area contributed by atoms with E-state index in [0.717, 1.165) is 0 Å². The molecule has 1 aliphatic heterocycles. The number of amides is 3. The summed E-state index contributed by atoms with van der Waals surface area (Å²) < 4.78 is 5.30. The number of nitrogens with zero attached hydrogens (tertiary/aromatic N) is 2. The molecule has 0 aromatic heterocycles. The number of benzene rings is 1. The van der Waals surface area contributed by atoms with E-state index in [2.05, 4.69) is 5.32 Å². The number of ketones is 4. The van der Waals surface area contributed by atoms with Gasteiger partial charge in [-0.3, -0.25) is 28.9 Å². The number of carbonyl (C=O) groups is 6. The molecule has 3 amide bonds. The number of nitrogens with one attached hydrogen (secondary N) is 1. The van der Waals surface area contributed by atoms with Gasteiger partial charge in [0.15, 0.2) is 34.7 Å². The Morgan fingerprint density at radius 3 is 2.40 bits per heavy atom. The maximum Gasteiger partial charge on any atom is 0.317 e. The number of aliphatic hydroxyl groups is 1. The standard InChI is InChI=1S/C29H36N4O9/c1-4-13-9-15(12-31-28(40)33-5-7-42-8-6-33)16-10-14-11-17-21(32(2)3)24(36)20(27(30)39)26(38)29(17,41)25(37)18(14)23(35)19(16)22(13)34/h9,14,17-18,20-21,34,41H,4-8,10-12H2,1-3H3,(H2,30,39)(H,31,40)/t14-,17-,18?,20?,21-,29-/m0/s1. The number of rotatable bonds is 5. The van der Waals surface area contributed by atoms with Gasteiger partial charge in [-0.25, -0.2) is 4.79 Å². The summed E-state index contributed by atoms with van der Waals surface area (Å²) in [5.74, 6) is -10.9. The van der Waals surface area contributed by atoms with Crippen molar-refractivity contribution in [3.8, 4) is 5.75 Å². The molecule has 5 rings (SSSR count). The highest BCUT2D eigenvalue weighted by molar-refractivity contribution is 6.32. The van der Waals surface area contributed by atoms with Crippen molar-refractivity contribution in [1.29, 1.82) is 0 Å². The number of morpholine rings is 1. The van der Waals surface area contributed by atoms with E-state index in [1.807, 2.05) is 0 Å². The molecule has 3 aliphatic carbocycles. The predicted octanol–water partition coefficient (Wildman–Crippen LogP) is -1.03. The summed E-state index contributed by atoms with van der Waals surface area (Å²) in [5.41, 5.74) is 4.04. The third-order valence-electron chi connectivity index (χ3n) is 9.34. The second kappa shape index (κ2) is 10.9. The van der Waals surface area contributed by atoms with Crippen molar-refractivity contribution >= 4 is 35.1 Å². The van der Waals surface area contributed by atoms with E-state index in [1.165, 1.54) is 19.0 Å². The molecule has 5 N–H and O–H groups in total. The number of nitrogens with two attached hydrogens (primary N) is 1. The molecule has 6 atom stereocenters. The first-order valence-corrected chi connectivity index (χ1v) is 14.2. The van der Waals surface area contributed by atoms with Crippen LogP contribution in [0.15, 0.2) is 6.07 Å². The number of phenolic OH excluding ortho intramolecular Hbond substituents is 1. The molecule has 42 heavy (non-hydrogen) atoms. The summed E-state index contributed by atoms with van der Waals surface area (Å²) in [6, 6.07) is 0.263. The maximum atomic E-state index is 14.0. The van der Waals surface area contributed by atoms with Gasteiger partial charge in [-0.2, -0.15) is 0 Å². The van der Waals surface area contributed by atoms with E-state index in [4.69, 9.17) is 10.5 Å². The normalized spacial score (nSPS) is 31.0. The minimum atomic E-state index is -2.77. The molecule has 3 fully saturated rings. The molecule has 0 spiro atoms. The topological polar surface area (TPSA) is 197 Å². The van der Waals surface area contributed by atoms with E-state index >= 15 is 0 Å². The SMILES string of the molecule is CCc1cc(CNC(=O)N2CCOCC2)c2c(c1O)C(=O)C1C(=O)[C@]3(O)C(=O)C(C(N)=O)C(=O)[C@@H](N(C)C)[C@@H]3C[C@@H]1C2. The number of hydrogen-bond acceptors (Lipinski definition) is 10. The molecule has 1 aromatic rings. The summed E-state index contributed by atoms with van der Waals surface area (Å²) in [4.78, 5) is 82.7. The van der Waals surface area contributed by atoms with Gasteiger partial charge in [0.25, 0.3) is 0 Å². The molecule has 0 bridgehead atoms. The minimum absolute atomic E-state index is 0.0419. The number of aromatic hydroxyl groups is 1. The van der Waals surface area contributed by atoms with Crippen molar-refractivity contribution in [1.82, 2.24) is 15.1 Å². The zero-order valence-corrected chi connectivity index (χ0v) is 23.8. The van der Waals surface area contributed by atoms with Gasteiger partial charge in [0.2, 0.25) is 5.91 Å². The maximum absolute atomic E-state index is 14.0. The van der Waals surface area contributed by atoms with Crippen molar-refractivity contribution in [2.45, 2.75) is 44.4 Å². The lowest BCUT2D eigenvalue weighted by atomic mass is 9.52. The predicted molar refractivity (Wildman–Crippen MR) is 145 cm³/mol. The van der Waals surface area contributed by atoms with Gasteiger partial charge >= 0.3 is 6.03 Å². The Labute approximate surface area is 242 Å². The largest absolute Gasteiger partial charge is 0.507 e. The van der Waals surface area contributed by atoms with Gasteiger partial charge in [-0.1, -0.05) is 13.0 Å². The number of fused-ring (bicyclic) bond motifs is 3. The lowest BCUT2D eigenvalue weighted by molar-refractivity contribution is -0.181. The average Bonchev–Trinajstić information content (AvgIpc) is 2.94. The van der Waals surface area contributed by atoms with Crippen LogP contribution in [-0.4, -0.2) is 107 Å². The molecule has 4 aliphatic rings. The molecular formula is C29H36N4O9. The fourth-order valence-corrected chi connectivity index (χ4v) is 7.29. The van der Waals surface area contributed by atoms with Gasteiger partial charge in [0, 0.05) is 25.6 Å². The van der Waals surface area contributed by atoms with Crippen LogP contribution in [0.4, 0.5) is 4.79 Å². The summed E-state index contributed by atoms with van der Waals surface area (Å²) in [5, 5.41) is 25.7. The fourth-order valence-electron chi connectivity index (χ4n) is 7.29. The number of aryl methyl sites for hydroxylation is 1. The van der Waals surface area contributed by atoms with E-state index in [0.29, 0.717) is 49.4 Å².